The van der Waals surface area contributed by atoms with Gasteiger partial charge >= 0.3 is 0 Å². The van der Waals surface area contributed by atoms with Gasteiger partial charge in [-0.05, 0) is 42.2 Å². The highest BCUT2D eigenvalue weighted by Gasteiger charge is 2.06. The molecule has 0 spiro atoms. The van der Waals surface area contributed by atoms with Crippen LogP contribution in [0.5, 0.6) is 0 Å². The summed E-state index contributed by atoms with van der Waals surface area (Å²) in [7, 11) is 0. The molecule has 0 bridgehead atoms. The van der Waals surface area contributed by atoms with E-state index in [1.54, 1.807) is 19.1 Å². The molecule has 2 N–H and O–H groups in total. The molecule has 0 unspecified atom stereocenters. The van der Waals surface area contributed by atoms with Crippen molar-refractivity contribution in [2.45, 2.75) is 20.4 Å². The van der Waals surface area contributed by atoms with Gasteiger partial charge in [0.1, 0.15) is 5.82 Å². The van der Waals surface area contributed by atoms with Crippen LogP contribution < -0.4 is 5.73 Å². The van der Waals surface area contributed by atoms with Crippen LogP contribution in [0.1, 0.15) is 16.7 Å². The van der Waals surface area contributed by atoms with E-state index in [0.29, 0.717) is 12.1 Å². The van der Waals surface area contributed by atoms with Crippen molar-refractivity contribution in [1.29, 1.82) is 0 Å². The molecule has 2 rings (SSSR count). The third-order valence-electron chi connectivity index (χ3n) is 2.97. The van der Waals surface area contributed by atoms with E-state index in [9.17, 15) is 4.39 Å². The zero-order chi connectivity index (χ0) is 12.4. The Balaban J connectivity index is 2.58. The average Bonchev–Trinajstić information content (AvgIpc) is 2.32. The van der Waals surface area contributed by atoms with Gasteiger partial charge in [0.15, 0.2) is 0 Å². The second-order valence-corrected chi connectivity index (χ2v) is 4.33. The smallest absolute Gasteiger partial charge is 0.126 e. The quantitative estimate of drug-likeness (QED) is 0.837. The number of hydrogen-bond acceptors (Lipinski definition) is 1. The fourth-order valence-electron chi connectivity index (χ4n) is 1.90. The van der Waals surface area contributed by atoms with E-state index in [1.807, 2.05) is 31.2 Å². The number of rotatable bonds is 2. The van der Waals surface area contributed by atoms with Crippen molar-refractivity contribution in [3.8, 4) is 11.1 Å². The van der Waals surface area contributed by atoms with Crippen LogP contribution in [0.15, 0.2) is 36.4 Å². The SMILES string of the molecule is Cc1ccc(CN)c(-c2ccc(C)c(F)c2)c1. The van der Waals surface area contributed by atoms with Crippen LogP contribution in [-0.4, -0.2) is 0 Å². The molecule has 17 heavy (non-hydrogen) atoms. The lowest BCUT2D eigenvalue weighted by molar-refractivity contribution is 0.619. The van der Waals surface area contributed by atoms with Gasteiger partial charge in [-0.3, -0.25) is 0 Å². The maximum absolute atomic E-state index is 13.6. The van der Waals surface area contributed by atoms with E-state index in [-0.39, 0.29) is 5.82 Å². The van der Waals surface area contributed by atoms with Crippen molar-refractivity contribution in [2.24, 2.45) is 5.73 Å². The van der Waals surface area contributed by atoms with Crippen LogP contribution >= 0.6 is 0 Å². The lowest BCUT2D eigenvalue weighted by Gasteiger charge is -2.10. The molecule has 2 heteroatoms. The highest BCUT2D eigenvalue weighted by atomic mass is 19.1. The first-order valence-electron chi connectivity index (χ1n) is 5.68. The Labute approximate surface area is 101 Å². The third kappa shape index (κ3) is 2.37. The Kier molecular flexibility index (Phi) is 3.25. The summed E-state index contributed by atoms with van der Waals surface area (Å²) in [6, 6.07) is 11.4. The Morgan fingerprint density at radius 1 is 1.06 bits per heavy atom. The molecule has 0 radical (unpaired) electrons. The van der Waals surface area contributed by atoms with Crippen LogP contribution in [0.25, 0.3) is 11.1 Å². The first-order chi connectivity index (χ1) is 8.11. The van der Waals surface area contributed by atoms with E-state index >= 15 is 0 Å². The van der Waals surface area contributed by atoms with E-state index in [4.69, 9.17) is 5.73 Å². The Hall–Kier alpha value is -1.67. The van der Waals surface area contributed by atoms with Gasteiger partial charge < -0.3 is 5.73 Å². The number of benzene rings is 2. The molecule has 0 aliphatic carbocycles. The topological polar surface area (TPSA) is 26.0 Å². The van der Waals surface area contributed by atoms with E-state index in [1.165, 1.54) is 0 Å². The lowest BCUT2D eigenvalue weighted by atomic mass is 9.97. The van der Waals surface area contributed by atoms with Gasteiger partial charge in [0.25, 0.3) is 0 Å². The Morgan fingerprint density at radius 2 is 1.82 bits per heavy atom. The van der Waals surface area contributed by atoms with Crippen LogP contribution in [0.3, 0.4) is 0 Å². The van der Waals surface area contributed by atoms with Crippen molar-refractivity contribution in [2.75, 3.05) is 0 Å². The molecular formula is C15H16FN. The van der Waals surface area contributed by atoms with E-state index in [2.05, 4.69) is 0 Å². The van der Waals surface area contributed by atoms with Gasteiger partial charge in [0, 0.05) is 6.54 Å². The van der Waals surface area contributed by atoms with Crippen LogP contribution in [0.2, 0.25) is 0 Å². The average molecular weight is 229 g/mol. The number of hydrogen-bond donors (Lipinski definition) is 1. The summed E-state index contributed by atoms with van der Waals surface area (Å²) in [6.45, 7) is 4.25. The molecule has 0 saturated carbocycles. The zero-order valence-corrected chi connectivity index (χ0v) is 10.1. The van der Waals surface area contributed by atoms with Crippen molar-refractivity contribution in [3.05, 3.63) is 58.9 Å². The number of nitrogens with two attached hydrogens (primary N) is 1. The molecule has 0 aliphatic rings. The van der Waals surface area contributed by atoms with Gasteiger partial charge in [-0.15, -0.1) is 0 Å². The molecule has 0 amide bonds. The molecule has 0 aromatic heterocycles. The van der Waals surface area contributed by atoms with Gasteiger partial charge in [0.2, 0.25) is 0 Å². The standard InChI is InChI=1S/C15H16FN/c1-10-3-5-13(9-17)14(7-10)12-6-4-11(2)15(16)8-12/h3-8H,9,17H2,1-2H3. The predicted molar refractivity (Wildman–Crippen MR) is 69.2 cm³/mol. The first kappa shape index (κ1) is 11.8. The lowest BCUT2D eigenvalue weighted by Crippen LogP contribution is -1.99. The van der Waals surface area contributed by atoms with Crippen molar-refractivity contribution < 1.29 is 4.39 Å². The van der Waals surface area contributed by atoms with Crippen LogP contribution in [0.4, 0.5) is 4.39 Å². The molecule has 0 aliphatic heterocycles. The predicted octanol–water partition coefficient (Wildman–Crippen LogP) is 3.57. The summed E-state index contributed by atoms with van der Waals surface area (Å²) in [5.74, 6) is -0.174. The highest BCUT2D eigenvalue weighted by Crippen LogP contribution is 2.26. The second-order valence-electron chi connectivity index (χ2n) is 4.33. The summed E-state index contributed by atoms with van der Waals surface area (Å²) < 4.78 is 13.6. The maximum atomic E-state index is 13.6. The Morgan fingerprint density at radius 3 is 2.47 bits per heavy atom. The largest absolute Gasteiger partial charge is 0.326 e. The fourth-order valence-corrected chi connectivity index (χ4v) is 1.90. The third-order valence-corrected chi connectivity index (χ3v) is 2.97. The van der Waals surface area contributed by atoms with E-state index in [0.717, 1.165) is 22.3 Å². The second kappa shape index (κ2) is 4.68. The van der Waals surface area contributed by atoms with Crippen molar-refractivity contribution in [1.82, 2.24) is 0 Å². The summed E-state index contributed by atoms with van der Waals surface area (Å²) in [5, 5.41) is 0. The molecule has 0 fully saturated rings. The molecular weight excluding hydrogens is 213 g/mol. The summed E-state index contributed by atoms with van der Waals surface area (Å²) >= 11 is 0. The molecule has 2 aromatic carbocycles. The molecule has 2 aromatic rings. The minimum atomic E-state index is -0.174. The fraction of sp³-hybridized carbons (Fsp3) is 0.200. The zero-order valence-electron chi connectivity index (χ0n) is 10.1. The molecule has 0 saturated heterocycles. The van der Waals surface area contributed by atoms with Crippen LogP contribution in [-0.2, 0) is 6.54 Å². The van der Waals surface area contributed by atoms with Gasteiger partial charge in [-0.1, -0.05) is 35.9 Å². The minimum absolute atomic E-state index is 0.174. The number of aryl methyl sites for hydroxylation is 2. The molecule has 0 heterocycles. The molecule has 1 nitrogen and oxygen atoms in total. The van der Waals surface area contributed by atoms with Gasteiger partial charge in [0.05, 0.1) is 0 Å². The Bertz CT molecular complexity index is 547. The van der Waals surface area contributed by atoms with Crippen molar-refractivity contribution >= 4 is 0 Å². The summed E-state index contributed by atoms with van der Waals surface area (Å²) in [4.78, 5) is 0. The normalized spacial score (nSPS) is 10.6. The van der Waals surface area contributed by atoms with Crippen LogP contribution in [0, 0.1) is 19.7 Å². The summed E-state index contributed by atoms with van der Waals surface area (Å²) in [5.41, 5.74) is 10.5. The van der Waals surface area contributed by atoms with Gasteiger partial charge in [-0.25, -0.2) is 4.39 Å². The highest BCUT2D eigenvalue weighted by molar-refractivity contribution is 5.68. The maximum Gasteiger partial charge on any atom is 0.126 e. The minimum Gasteiger partial charge on any atom is -0.326 e. The van der Waals surface area contributed by atoms with Gasteiger partial charge in [-0.2, -0.15) is 0 Å². The monoisotopic (exact) mass is 229 g/mol. The molecule has 0 atom stereocenters. The van der Waals surface area contributed by atoms with E-state index < -0.39 is 0 Å². The summed E-state index contributed by atoms with van der Waals surface area (Å²) in [6.07, 6.45) is 0. The number of halogens is 1. The molecule has 88 valence electrons. The first-order valence-corrected chi connectivity index (χ1v) is 5.68. The van der Waals surface area contributed by atoms with Crippen molar-refractivity contribution in [3.63, 3.8) is 0 Å².